The summed E-state index contributed by atoms with van der Waals surface area (Å²) < 4.78 is 0. The van der Waals surface area contributed by atoms with Crippen LogP contribution in [-0.4, -0.2) is 27.0 Å². The normalized spacial score (nSPS) is 17.9. The van der Waals surface area contributed by atoms with Crippen molar-refractivity contribution in [3.8, 4) is 5.75 Å². The molecule has 112 valence electrons. The third kappa shape index (κ3) is 2.58. The number of rotatable bonds is 3. The Labute approximate surface area is 130 Å². The van der Waals surface area contributed by atoms with Crippen LogP contribution in [0.3, 0.4) is 0 Å². The minimum Gasteiger partial charge on any atom is -0.508 e. The van der Waals surface area contributed by atoms with Crippen LogP contribution in [0.2, 0.25) is 0 Å². The van der Waals surface area contributed by atoms with Gasteiger partial charge >= 0.3 is 5.97 Å². The molecule has 0 bridgehead atoms. The van der Waals surface area contributed by atoms with E-state index in [-0.39, 0.29) is 11.3 Å². The van der Waals surface area contributed by atoms with Gasteiger partial charge < -0.3 is 15.5 Å². The van der Waals surface area contributed by atoms with Crippen molar-refractivity contribution in [1.82, 2.24) is 10.3 Å². The molecule has 0 fully saturated rings. The second kappa shape index (κ2) is 5.61. The van der Waals surface area contributed by atoms with E-state index in [4.69, 9.17) is 0 Å². The van der Waals surface area contributed by atoms with Crippen molar-refractivity contribution in [3.63, 3.8) is 0 Å². The molecule has 0 saturated heterocycles. The number of allylic oxidation sites excluding steroid dienone is 1. The Morgan fingerprint density at radius 2 is 2.23 bits per heavy atom. The molecule has 1 aromatic heterocycles. The molecule has 0 saturated carbocycles. The zero-order valence-corrected chi connectivity index (χ0v) is 12.5. The molecule has 2 heterocycles. The number of nitrogens with zero attached hydrogens (tertiary/aromatic N) is 2. The molecule has 1 aliphatic rings. The molecule has 0 radical (unpaired) electrons. The van der Waals surface area contributed by atoms with Gasteiger partial charge in [-0.3, -0.25) is 4.99 Å². The van der Waals surface area contributed by atoms with Crippen LogP contribution in [-0.2, 0) is 4.79 Å². The lowest BCUT2D eigenvalue weighted by Crippen LogP contribution is -2.32. The Balaban J connectivity index is 2.11. The van der Waals surface area contributed by atoms with E-state index in [0.717, 1.165) is 0 Å². The molecule has 2 aromatic rings. The number of aromatic nitrogens is 1. The van der Waals surface area contributed by atoms with E-state index in [9.17, 15) is 15.0 Å². The lowest BCUT2D eigenvalue weighted by Gasteiger charge is -2.24. The third-order valence-corrected chi connectivity index (χ3v) is 3.92. The maximum Gasteiger partial charge on any atom is 0.335 e. The van der Waals surface area contributed by atoms with Gasteiger partial charge in [-0.1, -0.05) is 12.1 Å². The van der Waals surface area contributed by atoms with E-state index < -0.39 is 12.0 Å². The number of amidine groups is 1. The summed E-state index contributed by atoms with van der Waals surface area (Å²) in [6.07, 6.45) is 0. The molecule has 1 aliphatic heterocycles. The Bertz CT molecular complexity index is 781. The van der Waals surface area contributed by atoms with Gasteiger partial charge in [-0.25, -0.2) is 9.78 Å². The number of phenols is 1. The summed E-state index contributed by atoms with van der Waals surface area (Å²) in [4.78, 5) is 20.3. The zero-order valence-electron chi connectivity index (χ0n) is 11.6. The second-order valence-electron chi connectivity index (χ2n) is 4.82. The van der Waals surface area contributed by atoms with Gasteiger partial charge in [0.25, 0.3) is 0 Å². The van der Waals surface area contributed by atoms with Crippen molar-refractivity contribution < 1.29 is 15.0 Å². The number of aliphatic carboxylic acids is 1. The summed E-state index contributed by atoms with van der Waals surface area (Å²) in [5.41, 5.74) is 3.64. The van der Waals surface area contributed by atoms with Crippen molar-refractivity contribution >= 4 is 23.1 Å². The monoisotopic (exact) mass is 315 g/mol. The number of carboxylic acid groups (broad SMARTS) is 1. The highest BCUT2D eigenvalue weighted by molar-refractivity contribution is 7.07. The molecular weight excluding hydrogens is 302 g/mol. The summed E-state index contributed by atoms with van der Waals surface area (Å²) in [5.74, 6) is -0.444. The topological polar surface area (TPSA) is 94.8 Å². The van der Waals surface area contributed by atoms with Crippen molar-refractivity contribution in [2.75, 3.05) is 0 Å². The fourth-order valence-electron chi connectivity index (χ4n) is 2.35. The summed E-state index contributed by atoms with van der Waals surface area (Å²) in [6, 6.07) is 5.77. The first-order chi connectivity index (χ1) is 10.6. The molecule has 22 heavy (non-hydrogen) atoms. The maximum atomic E-state index is 11.6. The number of aromatic hydroxyl groups is 1. The average Bonchev–Trinajstić information content (AvgIpc) is 3.00. The maximum absolute atomic E-state index is 11.6. The predicted molar refractivity (Wildman–Crippen MR) is 83.0 cm³/mol. The number of hydrogen-bond acceptors (Lipinski definition) is 6. The fourth-order valence-corrected chi connectivity index (χ4v) is 2.89. The smallest absolute Gasteiger partial charge is 0.335 e. The number of aliphatic imine (C=N–C) groups is 1. The van der Waals surface area contributed by atoms with Gasteiger partial charge in [0.1, 0.15) is 17.5 Å². The number of carboxylic acids is 1. The lowest BCUT2D eigenvalue weighted by molar-refractivity contribution is -0.133. The van der Waals surface area contributed by atoms with Crippen LogP contribution in [0, 0.1) is 0 Å². The highest BCUT2D eigenvalue weighted by Crippen LogP contribution is 2.32. The van der Waals surface area contributed by atoms with Gasteiger partial charge in [-0.2, -0.15) is 0 Å². The van der Waals surface area contributed by atoms with E-state index in [1.54, 1.807) is 24.6 Å². The van der Waals surface area contributed by atoms with Crippen LogP contribution in [0.5, 0.6) is 5.75 Å². The van der Waals surface area contributed by atoms with Gasteiger partial charge in [0.2, 0.25) is 0 Å². The van der Waals surface area contributed by atoms with Crippen LogP contribution < -0.4 is 5.32 Å². The van der Waals surface area contributed by atoms with Crippen LogP contribution >= 0.6 is 11.3 Å². The minimum atomic E-state index is -1.04. The summed E-state index contributed by atoms with van der Waals surface area (Å²) >= 11 is 1.44. The Morgan fingerprint density at radius 3 is 2.86 bits per heavy atom. The molecule has 1 aromatic carbocycles. The molecule has 0 spiro atoms. The largest absolute Gasteiger partial charge is 0.508 e. The number of thiazole rings is 1. The first-order valence-electron chi connectivity index (χ1n) is 6.52. The minimum absolute atomic E-state index is 0.0730. The van der Waals surface area contributed by atoms with Crippen molar-refractivity contribution in [1.29, 1.82) is 0 Å². The van der Waals surface area contributed by atoms with E-state index in [1.807, 2.05) is 5.38 Å². The lowest BCUT2D eigenvalue weighted by atomic mass is 9.96. The van der Waals surface area contributed by atoms with Crippen LogP contribution in [0.15, 0.2) is 51.4 Å². The summed E-state index contributed by atoms with van der Waals surface area (Å²) in [6.45, 7) is 1.69. The number of phenolic OH excluding ortho intramolecular Hbond substituents is 1. The Hall–Kier alpha value is -2.67. The number of benzene rings is 1. The Kier molecular flexibility index (Phi) is 3.64. The SMILES string of the molecule is CC1=C(C(=O)O)C(c2cccc(O)c2)N=C(c2cscn2)N1. The van der Waals surface area contributed by atoms with Gasteiger partial charge in [0.15, 0.2) is 5.84 Å². The van der Waals surface area contributed by atoms with E-state index in [2.05, 4.69) is 15.3 Å². The molecule has 0 amide bonds. The molecule has 3 N–H and O–H groups in total. The number of nitrogens with one attached hydrogen (secondary N) is 1. The summed E-state index contributed by atoms with van der Waals surface area (Å²) in [7, 11) is 0. The molecule has 7 heteroatoms. The zero-order chi connectivity index (χ0) is 15.7. The van der Waals surface area contributed by atoms with E-state index in [1.165, 1.54) is 23.5 Å². The van der Waals surface area contributed by atoms with Crippen LogP contribution in [0.1, 0.15) is 24.2 Å². The fraction of sp³-hybridized carbons (Fsp3) is 0.133. The molecule has 3 rings (SSSR count). The van der Waals surface area contributed by atoms with Crippen molar-refractivity contribution in [3.05, 3.63) is 57.7 Å². The van der Waals surface area contributed by atoms with Crippen LogP contribution in [0.4, 0.5) is 0 Å². The second-order valence-corrected chi connectivity index (χ2v) is 5.54. The van der Waals surface area contributed by atoms with E-state index in [0.29, 0.717) is 22.8 Å². The highest BCUT2D eigenvalue weighted by Gasteiger charge is 2.29. The molecule has 1 atom stereocenters. The van der Waals surface area contributed by atoms with E-state index >= 15 is 0 Å². The third-order valence-electron chi connectivity index (χ3n) is 3.33. The molecule has 1 unspecified atom stereocenters. The first-order valence-corrected chi connectivity index (χ1v) is 7.47. The molecular formula is C15H13N3O3S. The highest BCUT2D eigenvalue weighted by atomic mass is 32.1. The predicted octanol–water partition coefficient (Wildman–Crippen LogP) is 2.30. The van der Waals surface area contributed by atoms with Gasteiger partial charge in [0, 0.05) is 11.1 Å². The van der Waals surface area contributed by atoms with Crippen molar-refractivity contribution in [2.24, 2.45) is 4.99 Å². The quantitative estimate of drug-likeness (QED) is 0.808. The number of carbonyl (C=O) groups is 1. The van der Waals surface area contributed by atoms with Gasteiger partial charge in [0.05, 0.1) is 11.1 Å². The number of hydrogen-bond donors (Lipinski definition) is 3. The first kappa shape index (κ1) is 14.3. The average molecular weight is 315 g/mol. The summed E-state index contributed by atoms with van der Waals surface area (Å²) in [5, 5.41) is 24.0. The Morgan fingerprint density at radius 1 is 1.41 bits per heavy atom. The molecule has 0 aliphatic carbocycles. The van der Waals surface area contributed by atoms with Crippen LogP contribution in [0.25, 0.3) is 0 Å². The van der Waals surface area contributed by atoms with Crippen molar-refractivity contribution in [2.45, 2.75) is 13.0 Å². The molecule has 6 nitrogen and oxygen atoms in total. The van der Waals surface area contributed by atoms with Gasteiger partial charge in [-0.05, 0) is 24.6 Å². The van der Waals surface area contributed by atoms with Gasteiger partial charge in [-0.15, -0.1) is 11.3 Å². The standard InChI is InChI=1S/C15H13N3O3S/c1-8-12(15(20)21)13(9-3-2-4-10(19)5-9)18-14(17-8)11-6-22-7-16-11/h2-7,13,19H,1H3,(H,17,18)(H,20,21).